The van der Waals surface area contributed by atoms with Gasteiger partial charge in [-0.25, -0.2) is 4.98 Å². The Bertz CT molecular complexity index is 725. The highest BCUT2D eigenvalue weighted by molar-refractivity contribution is 7.99. The largest absolute Gasteiger partial charge is 0.383 e. The number of amides is 1. The summed E-state index contributed by atoms with van der Waals surface area (Å²) in [5.41, 5.74) is 5.17. The van der Waals surface area contributed by atoms with E-state index in [1.54, 1.807) is 7.11 Å². The predicted molar refractivity (Wildman–Crippen MR) is 98.8 cm³/mol. The summed E-state index contributed by atoms with van der Waals surface area (Å²) >= 11 is 1.45. The molecule has 0 aliphatic rings. The monoisotopic (exact) mass is 347 g/mol. The number of imidazole rings is 1. The van der Waals surface area contributed by atoms with Crippen molar-refractivity contribution in [1.29, 1.82) is 0 Å². The third kappa shape index (κ3) is 4.61. The molecule has 1 aromatic carbocycles. The molecule has 1 heterocycles. The third-order valence-corrected chi connectivity index (χ3v) is 4.92. The zero-order valence-corrected chi connectivity index (χ0v) is 15.8. The van der Waals surface area contributed by atoms with E-state index in [4.69, 9.17) is 4.74 Å². The maximum atomic E-state index is 12.3. The number of anilines is 1. The van der Waals surface area contributed by atoms with Crippen LogP contribution in [0.3, 0.4) is 0 Å². The number of methoxy groups -OCH3 is 1. The van der Waals surface area contributed by atoms with Gasteiger partial charge in [-0.3, -0.25) is 4.79 Å². The molecule has 0 atom stereocenters. The predicted octanol–water partition coefficient (Wildman–Crippen LogP) is 3.49. The maximum absolute atomic E-state index is 12.3. The molecule has 0 saturated carbocycles. The number of aryl methyl sites for hydroxylation is 3. The van der Waals surface area contributed by atoms with Crippen LogP contribution in [-0.2, 0) is 16.1 Å². The molecule has 24 heavy (non-hydrogen) atoms. The minimum absolute atomic E-state index is 0.0229. The Morgan fingerprint density at radius 1 is 1.29 bits per heavy atom. The van der Waals surface area contributed by atoms with Crippen LogP contribution in [0.4, 0.5) is 5.69 Å². The average Bonchev–Trinajstić information content (AvgIpc) is 2.81. The van der Waals surface area contributed by atoms with Gasteiger partial charge in [0.15, 0.2) is 5.16 Å². The Morgan fingerprint density at radius 2 is 2.04 bits per heavy atom. The topological polar surface area (TPSA) is 56.1 Å². The van der Waals surface area contributed by atoms with Crippen LogP contribution in [0.1, 0.15) is 22.5 Å². The molecule has 0 aliphatic carbocycles. The molecular weight excluding hydrogens is 322 g/mol. The number of nitrogens with zero attached hydrogens (tertiary/aromatic N) is 2. The Morgan fingerprint density at radius 3 is 2.75 bits per heavy atom. The van der Waals surface area contributed by atoms with Crippen LogP contribution >= 0.6 is 11.8 Å². The second-order valence-corrected chi connectivity index (χ2v) is 6.81. The second-order valence-electron chi connectivity index (χ2n) is 5.86. The highest BCUT2D eigenvalue weighted by Crippen LogP contribution is 2.22. The second kappa shape index (κ2) is 8.35. The van der Waals surface area contributed by atoms with Gasteiger partial charge in [0, 0.05) is 25.0 Å². The molecule has 0 unspecified atom stereocenters. The molecule has 5 nitrogen and oxygen atoms in total. The van der Waals surface area contributed by atoms with E-state index < -0.39 is 0 Å². The van der Waals surface area contributed by atoms with Crippen LogP contribution < -0.4 is 5.32 Å². The van der Waals surface area contributed by atoms with Crippen LogP contribution in [0.2, 0.25) is 0 Å². The molecule has 0 radical (unpaired) electrons. The smallest absolute Gasteiger partial charge is 0.234 e. The molecule has 130 valence electrons. The number of rotatable bonds is 7. The highest BCUT2D eigenvalue weighted by Gasteiger charge is 2.13. The van der Waals surface area contributed by atoms with Crippen molar-refractivity contribution in [3.8, 4) is 0 Å². The number of carbonyl (C=O) groups excluding carboxylic acids is 1. The summed E-state index contributed by atoms with van der Waals surface area (Å²) in [6.45, 7) is 9.40. The van der Waals surface area contributed by atoms with Gasteiger partial charge in [0.25, 0.3) is 0 Å². The first-order chi connectivity index (χ1) is 11.4. The number of thioether (sulfide) groups is 1. The van der Waals surface area contributed by atoms with E-state index >= 15 is 0 Å². The molecule has 0 bridgehead atoms. The quantitative estimate of drug-likeness (QED) is 0.779. The lowest BCUT2D eigenvalue weighted by Crippen LogP contribution is -2.16. The lowest BCUT2D eigenvalue weighted by atomic mass is 10.1. The van der Waals surface area contributed by atoms with Crippen molar-refractivity contribution in [3.05, 3.63) is 40.7 Å². The Labute approximate surface area is 147 Å². The zero-order valence-electron chi connectivity index (χ0n) is 15.0. The lowest BCUT2D eigenvalue weighted by Gasteiger charge is -2.11. The van der Waals surface area contributed by atoms with E-state index in [0.717, 1.165) is 39.9 Å². The van der Waals surface area contributed by atoms with Gasteiger partial charge in [0.05, 0.1) is 18.1 Å². The summed E-state index contributed by atoms with van der Waals surface area (Å²) in [6, 6.07) is 6.05. The van der Waals surface area contributed by atoms with Crippen LogP contribution in [0.5, 0.6) is 0 Å². The van der Waals surface area contributed by atoms with Gasteiger partial charge in [-0.2, -0.15) is 0 Å². The van der Waals surface area contributed by atoms with Gasteiger partial charge in [-0.05, 0) is 44.9 Å². The van der Waals surface area contributed by atoms with E-state index in [1.807, 2.05) is 45.9 Å². The van der Waals surface area contributed by atoms with Crippen LogP contribution in [-0.4, -0.2) is 34.9 Å². The molecule has 0 spiro atoms. The van der Waals surface area contributed by atoms with E-state index in [-0.39, 0.29) is 5.91 Å². The van der Waals surface area contributed by atoms with E-state index in [9.17, 15) is 4.79 Å². The molecule has 1 amide bonds. The van der Waals surface area contributed by atoms with Crippen molar-refractivity contribution >= 4 is 23.4 Å². The van der Waals surface area contributed by atoms with Gasteiger partial charge in [-0.15, -0.1) is 0 Å². The third-order valence-electron chi connectivity index (χ3n) is 3.94. The first kappa shape index (κ1) is 18.5. The molecular formula is C18H25N3O2S. The van der Waals surface area contributed by atoms with E-state index in [2.05, 4.69) is 14.9 Å². The zero-order chi connectivity index (χ0) is 17.7. The maximum Gasteiger partial charge on any atom is 0.234 e. The molecule has 1 aromatic heterocycles. The number of carbonyl (C=O) groups is 1. The number of aromatic nitrogens is 2. The molecule has 6 heteroatoms. The fraction of sp³-hybridized carbons (Fsp3) is 0.444. The summed E-state index contributed by atoms with van der Waals surface area (Å²) in [5, 5.41) is 3.84. The Kier molecular flexibility index (Phi) is 6.45. The van der Waals surface area contributed by atoms with Gasteiger partial charge in [0.2, 0.25) is 5.91 Å². The van der Waals surface area contributed by atoms with Crippen molar-refractivity contribution in [3.63, 3.8) is 0 Å². The summed E-state index contributed by atoms with van der Waals surface area (Å²) in [4.78, 5) is 16.8. The van der Waals surface area contributed by atoms with E-state index in [0.29, 0.717) is 12.4 Å². The fourth-order valence-electron chi connectivity index (χ4n) is 2.37. The van der Waals surface area contributed by atoms with Crippen molar-refractivity contribution in [1.82, 2.24) is 9.55 Å². The van der Waals surface area contributed by atoms with Crippen LogP contribution in [0.15, 0.2) is 23.4 Å². The van der Waals surface area contributed by atoms with Crippen LogP contribution in [0.25, 0.3) is 0 Å². The lowest BCUT2D eigenvalue weighted by molar-refractivity contribution is -0.113. The number of ether oxygens (including phenoxy) is 1. The highest BCUT2D eigenvalue weighted by atomic mass is 32.2. The fourth-order valence-corrected chi connectivity index (χ4v) is 3.28. The standard InChI is InChI=1S/C18H25N3O2S/c1-12-6-7-13(2)16(10-12)20-17(22)11-24-18-19-14(3)15(4)21(18)8-9-23-5/h6-7,10H,8-9,11H2,1-5H3,(H,20,22). The Hall–Kier alpha value is -1.79. The molecule has 2 aromatic rings. The molecule has 0 saturated heterocycles. The molecule has 2 rings (SSSR count). The average molecular weight is 347 g/mol. The normalized spacial score (nSPS) is 10.9. The van der Waals surface area contributed by atoms with Crippen molar-refractivity contribution in [2.24, 2.45) is 0 Å². The minimum atomic E-state index is -0.0229. The van der Waals surface area contributed by atoms with Crippen LogP contribution in [0, 0.1) is 27.7 Å². The van der Waals surface area contributed by atoms with Crippen molar-refractivity contribution < 1.29 is 9.53 Å². The summed E-state index contributed by atoms with van der Waals surface area (Å²) in [6.07, 6.45) is 0. The van der Waals surface area contributed by atoms with Gasteiger partial charge in [0.1, 0.15) is 0 Å². The van der Waals surface area contributed by atoms with Gasteiger partial charge in [-0.1, -0.05) is 23.9 Å². The number of hydrogen-bond acceptors (Lipinski definition) is 4. The number of hydrogen-bond donors (Lipinski definition) is 1. The SMILES string of the molecule is COCCn1c(SCC(=O)Nc2cc(C)ccc2C)nc(C)c1C. The van der Waals surface area contributed by atoms with E-state index in [1.165, 1.54) is 11.8 Å². The molecule has 0 aliphatic heterocycles. The number of benzene rings is 1. The minimum Gasteiger partial charge on any atom is -0.383 e. The van der Waals surface area contributed by atoms with Crippen molar-refractivity contribution in [2.45, 2.75) is 39.4 Å². The molecule has 0 fully saturated rings. The first-order valence-corrected chi connectivity index (χ1v) is 8.93. The summed E-state index contributed by atoms with van der Waals surface area (Å²) < 4.78 is 7.26. The Balaban J connectivity index is 2.01. The van der Waals surface area contributed by atoms with Gasteiger partial charge >= 0.3 is 0 Å². The number of nitrogens with one attached hydrogen (secondary N) is 1. The molecule has 1 N–H and O–H groups in total. The summed E-state index contributed by atoms with van der Waals surface area (Å²) in [5.74, 6) is 0.307. The first-order valence-electron chi connectivity index (χ1n) is 7.95. The summed E-state index contributed by atoms with van der Waals surface area (Å²) in [7, 11) is 1.68. The van der Waals surface area contributed by atoms with Gasteiger partial charge < -0.3 is 14.6 Å². The van der Waals surface area contributed by atoms with Crippen molar-refractivity contribution in [2.75, 3.05) is 24.8 Å².